The first-order chi connectivity index (χ1) is 18.2. The van der Waals surface area contributed by atoms with Crippen molar-refractivity contribution in [1.29, 1.82) is 0 Å². The quantitative estimate of drug-likeness (QED) is 0.146. The second-order valence-corrected chi connectivity index (χ2v) is 10.1. The van der Waals surface area contributed by atoms with Crippen LogP contribution in [-0.4, -0.2) is 62.3 Å². The molecule has 2 heterocycles. The van der Waals surface area contributed by atoms with E-state index in [-0.39, 0.29) is 48.3 Å². The van der Waals surface area contributed by atoms with Crippen molar-refractivity contribution in [3.8, 4) is 0 Å². The first-order valence-electron chi connectivity index (χ1n) is 11.7. The van der Waals surface area contributed by atoms with E-state index in [0.717, 1.165) is 0 Å². The largest absolute Gasteiger partial charge is 0.459 e. The summed E-state index contributed by atoms with van der Waals surface area (Å²) in [5.74, 6) is -0.173. The molecule has 3 atom stereocenters. The van der Waals surface area contributed by atoms with E-state index in [2.05, 4.69) is 5.32 Å². The molecule has 13 nitrogen and oxygen atoms in total. The first-order valence-corrected chi connectivity index (χ1v) is 12.7. The Hall–Kier alpha value is -4.20. The Morgan fingerprint density at radius 2 is 1.50 bits per heavy atom. The summed E-state index contributed by atoms with van der Waals surface area (Å²) in [6.07, 6.45) is 0.378. The van der Waals surface area contributed by atoms with Crippen molar-refractivity contribution in [3.63, 3.8) is 0 Å². The van der Waals surface area contributed by atoms with Gasteiger partial charge in [0.25, 0.3) is 11.4 Å². The number of benzene rings is 2. The van der Waals surface area contributed by atoms with Crippen LogP contribution < -0.4 is 5.32 Å². The summed E-state index contributed by atoms with van der Waals surface area (Å²) in [5.41, 5.74) is 1.08. The van der Waals surface area contributed by atoms with Gasteiger partial charge in [0, 0.05) is 54.3 Å². The van der Waals surface area contributed by atoms with Gasteiger partial charge in [0.15, 0.2) is 0 Å². The molecule has 2 aliphatic heterocycles. The zero-order valence-corrected chi connectivity index (χ0v) is 20.8. The van der Waals surface area contributed by atoms with Crippen LogP contribution in [0.25, 0.3) is 0 Å². The minimum atomic E-state index is -0.738. The first kappa shape index (κ1) is 26.9. The Kier molecular flexibility index (Phi) is 8.41. The molecule has 2 aliphatic rings. The number of esters is 1. The third-order valence-electron chi connectivity index (χ3n) is 6.24. The highest BCUT2D eigenvalue weighted by Gasteiger charge is 2.54. The highest BCUT2D eigenvalue weighted by Crippen LogP contribution is 2.41. The molecule has 0 radical (unpaired) electrons. The van der Waals surface area contributed by atoms with E-state index in [9.17, 15) is 34.6 Å². The summed E-state index contributed by atoms with van der Waals surface area (Å²) >= 11 is 1.45. The van der Waals surface area contributed by atoms with Crippen LogP contribution >= 0.6 is 11.8 Å². The van der Waals surface area contributed by atoms with Crippen LogP contribution in [0.4, 0.5) is 16.2 Å². The average molecular weight is 545 g/mol. The van der Waals surface area contributed by atoms with Crippen molar-refractivity contribution in [3.05, 3.63) is 79.9 Å². The van der Waals surface area contributed by atoms with Crippen molar-refractivity contribution >= 4 is 41.1 Å². The normalized spacial score (nSPS) is 19.7. The number of hydrogen-bond acceptors (Lipinski definition) is 10. The summed E-state index contributed by atoms with van der Waals surface area (Å²) in [6, 6.07) is 10.6. The predicted molar refractivity (Wildman–Crippen MR) is 134 cm³/mol. The van der Waals surface area contributed by atoms with Gasteiger partial charge in [-0.25, -0.2) is 9.59 Å². The van der Waals surface area contributed by atoms with Gasteiger partial charge in [-0.3, -0.25) is 25.0 Å². The molecular weight excluding hydrogens is 520 g/mol. The molecule has 2 saturated heterocycles. The number of β-lactam (4-membered cyclic amide) rings is 1. The van der Waals surface area contributed by atoms with Crippen molar-refractivity contribution in [1.82, 2.24) is 10.2 Å². The lowest BCUT2D eigenvalue weighted by Crippen LogP contribution is -2.55. The maximum absolute atomic E-state index is 12.9. The number of nitro benzene ring substituents is 2. The summed E-state index contributed by atoms with van der Waals surface area (Å²) in [5, 5.41) is 23.9. The van der Waals surface area contributed by atoms with E-state index in [0.29, 0.717) is 29.7 Å². The number of nitrogens with zero attached hydrogens (tertiary/aromatic N) is 3. The molecular formula is C24H24N4O9S. The summed E-state index contributed by atoms with van der Waals surface area (Å²) in [6.45, 7) is 0.157. The van der Waals surface area contributed by atoms with Gasteiger partial charge in [-0.1, -0.05) is 0 Å². The summed E-state index contributed by atoms with van der Waals surface area (Å²) in [7, 11) is 0. The molecule has 2 aromatic carbocycles. The predicted octanol–water partition coefficient (Wildman–Crippen LogP) is 2.95. The molecule has 14 heteroatoms. The summed E-state index contributed by atoms with van der Waals surface area (Å²) < 4.78 is 10.6. The van der Waals surface area contributed by atoms with Crippen molar-refractivity contribution in [2.75, 3.05) is 12.3 Å². The zero-order valence-electron chi connectivity index (χ0n) is 20.0. The van der Waals surface area contributed by atoms with E-state index in [4.69, 9.17) is 9.47 Å². The van der Waals surface area contributed by atoms with Crippen LogP contribution in [0.5, 0.6) is 0 Å². The highest BCUT2D eigenvalue weighted by atomic mass is 32.2. The maximum Gasteiger partial charge on any atom is 0.407 e. The van der Waals surface area contributed by atoms with Crippen molar-refractivity contribution < 1.29 is 33.7 Å². The van der Waals surface area contributed by atoms with Crippen LogP contribution in [0.3, 0.4) is 0 Å². The van der Waals surface area contributed by atoms with Gasteiger partial charge in [0.2, 0.25) is 5.91 Å². The number of nitro groups is 2. The SMILES string of the molecule is O=C(NCCSC1CC2CC(=O)N2C1C(=O)OCc1ccc([N+](=O)[O-])cc1)OCc1ccc([N+](=O)[O-])cc1. The molecule has 4 rings (SSSR count). The Morgan fingerprint density at radius 3 is 2.03 bits per heavy atom. The molecule has 2 fully saturated rings. The van der Waals surface area contributed by atoms with E-state index in [1.807, 2.05) is 0 Å². The Morgan fingerprint density at radius 1 is 0.947 bits per heavy atom. The smallest absolute Gasteiger partial charge is 0.407 e. The third kappa shape index (κ3) is 6.37. The highest BCUT2D eigenvalue weighted by molar-refractivity contribution is 8.00. The number of hydrogen-bond donors (Lipinski definition) is 1. The van der Waals surface area contributed by atoms with E-state index < -0.39 is 28.0 Å². The second kappa shape index (κ2) is 11.9. The molecule has 3 unspecified atom stereocenters. The average Bonchev–Trinajstić information content (AvgIpc) is 3.20. The fraction of sp³-hybridized carbons (Fsp3) is 0.375. The number of fused-ring (bicyclic) bond motifs is 1. The van der Waals surface area contributed by atoms with Gasteiger partial charge in [-0.15, -0.1) is 0 Å². The molecule has 200 valence electrons. The van der Waals surface area contributed by atoms with Gasteiger partial charge in [0.05, 0.1) is 9.85 Å². The van der Waals surface area contributed by atoms with Crippen LogP contribution in [0.15, 0.2) is 48.5 Å². The van der Waals surface area contributed by atoms with Gasteiger partial charge in [0.1, 0.15) is 19.3 Å². The van der Waals surface area contributed by atoms with Gasteiger partial charge in [-0.05, 0) is 41.8 Å². The number of ether oxygens (including phenoxy) is 2. The monoisotopic (exact) mass is 544 g/mol. The Balaban J connectivity index is 1.21. The molecule has 38 heavy (non-hydrogen) atoms. The van der Waals surface area contributed by atoms with E-state index in [1.54, 1.807) is 4.90 Å². The lowest BCUT2D eigenvalue weighted by molar-refractivity contribution is -0.385. The lowest BCUT2D eigenvalue weighted by Gasteiger charge is -2.37. The second-order valence-electron chi connectivity index (χ2n) is 8.71. The minimum Gasteiger partial charge on any atom is -0.459 e. The Labute approximate surface area is 220 Å². The Bertz CT molecular complexity index is 1220. The number of carbonyl (C=O) groups is 3. The van der Waals surface area contributed by atoms with Crippen LogP contribution in [0, 0.1) is 20.2 Å². The zero-order chi connectivity index (χ0) is 27.2. The number of amides is 2. The van der Waals surface area contributed by atoms with Crippen LogP contribution in [0.1, 0.15) is 24.0 Å². The molecule has 2 amide bonds. The number of non-ortho nitro benzene ring substituents is 2. The lowest BCUT2D eigenvalue weighted by atomic mass is 10.0. The number of nitrogens with one attached hydrogen (secondary N) is 1. The van der Waals surface area contributed by atoms with Gasteiger partial charge >= 0.3 is 12.1 Å². The van der Waals surface area contributed by atoms with Gasteiger partial charge in [-0.2, -0.15) is 11.8 Å². The van der Waals surface area contributed by atoms with Crippen LogP contribution in [-0.2, 0) is 32.3 Å². The molecule has 0 aliphatic carbocycles. The number of thioether (sulfide) groups is 1. The number of carbonyl (C=O) groups excluding carboxylic acids is 3. The molecule has 0 bridgehead atoms. The topological polar surface area (TPSA) is 171 Å². The third-order valence-corrected chi connectivity index (χ3v) is 7.56. The van der Waals surface area contributed by atoms with E-state index >= 15 is 0 Å². The fourth-order valence-electron chi connectivity index (χ4n) is 4.31. The van der Waals surface area contributed by atoms with Crippen LogP contribution in [0.2, 0.25) is 0 Å². The molecule has 0 spiro atoms. The molecule has 2 aromatic rings. The van der Waals surface area contributed by atoms with Crippen molar-refractivity contribution in [2.24, 2.45) is 0 Å². The van der Waals surface area contributed by atoms with Crippen molar-refractivity contribution in [2.45, 2.75) is 43.4 Å². The molecule has 1 N–H and O–H groups in total. The molecule has 0 saturated carbocycles. The number of alkyl carbamates (subject to hydrolysis) is 1. The maximum atomic E-state index is 12.9. The standard InChI is InChI=1S/C24H24N4O9S/c29-21-12-19-11-20(22(26(19)21)23(30)36-13-15-1-5-17(6-2-15)27(32)33)38-10-9-25-24(31)37-14-16-3-7-18(8-4-16)28(34)35/h1-8,19-20,22H,9-14H2,(H,25,31). The minimum absolute atomic E-state index is 0.0171. The molecule has 0 aromatic heterocycles. The number of rotatable bonds is 11. The summed E-state index contributed by atoms with van der Waals surface area (Å²) in [4.78, 5) is 59.0. The van der Waals surface area contributed by atoms with Gasteiger partial charge < -0.3 is 19.7 Å². The van der Waals surface area contributed by atoms with E-state index in [1.165, 1.54) is 60.3 Å². The fourth-order valence-corrected chi connectivity index (χ4v) is 5.61.